The number of hydrogen-bond acceptors (Lipinski definition) is 6. The molecular formula is C16H23N7. The van der Waals surface area contributed by atoms with Crippen molar-refractivity contribution < 1.29 is 0 Å². The van der Waals surface area contributed by atoms with Crippen molar-refractivity contribution in [2.24, 2.45) is 5.73 Å². The maximum absolute atomic E-state index is 5.93. The van der Waals surface area contributed by atoms with E-state index in [-0.39, 0.29) is 6.04 Å². The van der Waals surface area contributed by atoms with Gasteiger partial charge in [0.15, 0.2) is 5.82 Å². The summed E-state index contributed by atoms with van der Waals surface area (Å²) in [6.45, 7) is 3.94. The molecule has 2 fully saturated rings. The van der Waals surface area contributed by atoms with Gasteiger partial charge in [-0.15, -0.1) is 0 Å². The number of aryl methyl sites for hydroxylation is 1. The zero-order valence-electron chi connectivity index (χ0n) is 13.6. The molecule has 7 heteroatoms. The zero-order valence-corrected chi connectivity index (χ0v) is 13.6. The normalized spacial score (nSPS) is 25.0. The van der Waals surface area contributed by atoms with Crippen molar-refractivity contribution in [1.29, 1.82) is 0 Å². The molecule has 0 aliphatic heterocycles. The second-order valence-corrected chi connectivity index (χ2v) is 6.88. The topological polar surface area (TPSA) is 105 Å². The molecule has 122 valence electrons. The molecule has 2 heterocycles. The van der Waals surface area contributed by atoms with Gasteiger partial charge in [-0.3, -0.25) is 5.10 Å². The fourth-order valence-electron chi connectivity index (χ4n) is 3.04. The third kappa shape index (κ3) is 3.06. The highest BCUT2D eigenvalue weighted by Crippen LogP contribution is 2.41. The van der Waals surface area contributed by atoms with Crippen LogP contribution in [0.25, 0.3) is 0 Å². The fourth-order valence-corrected chi connectivity index (χ4v) is 3.04. The highest BCUT2D eigenvalue weighted by Gasteiger charge is 2.32. The van der Waals surface area contributed by atoms with Crippen LogP contribution in [0.4, 0.5) is 5.82 Å². The maximum atomic E-state index is 5.93. The van der Waals surface area contributed by atoms with Gasteiger partial charge in [0.25, 0.3) is 0 Å². The lowest BCUT2D eigenvalue weighted by Crippen LogP contribution is -2.35. The van der Waals surface area contributed by atoms with Gasteiger partial charge in [0.05, 0.1) is 6.04 Å². The number of aromatic nitrogens is 5. The maximum Gasteiger partial charge on any atom is 0.172 e. The Hall–Kier alpha value is -2.02. The third-order valence-corrected chi connectivity index (χ3v) is 4.66. The number of rotatable bonds is 5. The average molecular weight is 313 g/mol. The van der Waals surface area contributed by atoms with Gasteiger partial charge in [-0.05, 0) is 39.5 Å². The molecule has 0 amide bonds. The highest BCUT2D eigenvalue weighted by molar-refractivity contribution is 5.40. The number of nitrogens with one attached hydrogen (secondary N) is 2. The molecule has 0 radical (unpaired) electrons. The minimum atomic E-state index is -0.00148. The van der Waals surface area contributed by atoms with Crippen LogP contribution in [0.3, 0.4) is 0 Å². The van der Waals surface area contributed by atoms with Crippen molar-refractivity contribution in [2.45, 2.75) is 63.5 Å². The van der Waals surface area contributed by atoms with Crippen molar-refractivity contribution >= 4 is 5.82 Å². The summed E-state index contributed by atoms with van der Waals surface area (Å²) in [5, 5.41) is 10.5. The summed E-state index contributed by atoms with van der Waals surface area (Å²) < 4.78 is 0. The largest absolute Gasteiger partial charge is 0.360 e. The molecular weight excluding hydrogens is 290 g/mol. The van der Waals surface area contributed by atoms with Crippen molar-refractivity contribution in [1.82, 2.24) is 25.1 Å². The second-order valence-electron chi connectivity index (χ2n) is 6.88. The molecule has 4 N–H and O–H groups in total. The molecule has 0 saturated heterocycles. The molecule has 4 rings (SSSR count). The van der Waals surface area contributed by atoms with Crippen LogP contribution in [0.1, 0.15) is 73.7 Å². The number of hydrogen-bond donors (Lipinski definition) is 3. The van der Waals surface area contributed by atoms with E-state index in [1.807, 2.05) is 13.8 Å². The van der Waals surface area contributed by atoms with E-state index in [1.54, 1.807) is 0 Å². The predicted octanol–water partition coefficient (Wildman–Crippen LogP) is 2.16. The van der Waals surface area contributed by atoms with E-state index in [0.717, 1.165) is 41.8 Å². The fraction of sp³-hybridized carbons (Fsp3) is 0.625. The Morgan fingerprint density at radius 2 is 2.00 bits per heavy atom. The van der Waals surface area contributed by atoms with E-state index >= 15 is 0 Å². The van der Waals surface area contributed by atoms with Crippen LogP contribution >= 0.6 is 0 Å². The molecule has 7 nitrogen and oxygen atoms in total. The molecule has 2 saturated carbocycles. The Kier molecular flexibility index (Phi) is 3.52. The van der Waals surface area contributed by atoms with Gasteiger partial charge in [0.2, 0.25) is 0 Å². The van der Waals surface area contributed by atoms with E-state index in [4.69, 9.17) is 15.7 Å². The predicted molar refractivity (Wildman–Crippen MR) is 87.1 cm³/mol. The first-order valence-electron chi connectivity index (χ1n) is 8.38. The number of anilines is 1. The lowest BCUT2D eigenvalue weighted by Gasteiger charge is -2.32. The summed E-state index contributed by atoms with van der Waals surface area (Å²) in [5.41, 5.74) is 7.06. The monoisotopic (exact) mass is 313 g/mol. The first kappa shape index (κ1) is 14.6. The molecule has 1 atom stereocenters. The molecule has 2 aliphatic carbocycles. The number of aromatic amines is 1. The molecule has 1 unspecified atom stereocenters. The van der Waals surface area contributed by atoms with Crippen molar-refractivity contribution in [3.05, 3.63) is 29.2 Å². The van der Waals surface area contributed by atoms with E-state index in [0.29, 0.717) is 17.9 Å². The van der Waals surface area contributed by atoms with Crippen LogP contribution < -0.4 is 11.1 Å². The number of nitrogens with two attached hydrogens (primary N) is 1. The minimum absolute atomic E-state index is 0.00148. The van der Waals surface area contributed by atoms with Gasteiger partial charge in [0.1, 0.15) is 17.5 Å². The molecule has 0 bridgehead atoms. The van der Waals surface area contributed by atoms with E-state index < -0.39 is 0 Å². The number of nitrogens with zero attached hydrogens (tertiary/aromatic N) is 4. The van der Waals surface area contributed by atoms with E-state index in [9.17, 15) is 0 Å². The first-order valence-corrected chi connectivity index (χ1v) is 8.38. The summed E-state index contributed by atoms with van der Waals surface area (Å²) >= 11 is 0. The lowest BCUT2D eigenvalue weighted by molar-refractivity contribution is 0.344. The van der Waals surface area contributed by atoms with Gasteiger partial charge >= 0.3 is 0 Å². The third-order valence-electron chi connectivity index (χ3n) is 4.66. The van der Waals surface area contributed by atoms with Gasteiger partial charge in [-0.25, -0.2) is 15.0 Å². The molecule has 2 aliphatic rings. The van der Waals surface area contributed by atoms with E-state index in [2.05, 4.69) is 26.6 Å². The average Bonchev–Trinajstić information content (AvgIpc) is 3.25. The lowest BCUT2D eigenvalue weighted by atomic mass is 9.78. The molecule has 0 aromatic carbocycles. The van der Waals surface area contributed by atoms with Crippen LogP contribution in [0.5, 0.6) is 0 Å². The van der Waals surface area contributed by atoms with Crippen LogP contribution in [0.15, 0.2) is 6.07 Å². The Morgan fingerprint density at radius 3 is 2.61 bits per heavy atom. The van der Waals surface area contributed by atoms with Crippen molar-refractivity contribution in [3.8, 4) is 0 Å². The van der Waals surface area contributed by atoms with E-state index in [1.165, 1.54) is 12.8 Å². The van der Waals surface area contributed by atoms with Crippen LogP contribution in [0.2, 0.25) is 0 Å². The second kappa shape index (κ2) is 5.56. The van der Waals surface area contributed by atoms with Crippen LogP contribution in [-0.4, -0.2) is 31.2 Å². The van der Waals surface area contributed by atoms with Crippen molar-refractivity contribution in [3.63, 3.8) is 0 Å². The molecule has 2 aromatic heterocycles. The summed E-state index contributed by atoms with van der Waals surface area (Å²) in [4.78, 5) is 13.9. The highest BCUT2D eigenvalue weighted by atomic mass is 15.2. The van der Waals surface area contributed by atoms with Crippen LogP contribution in [-0.2, 0) is 0 Å². The Balaban J connectivity index is 1.56. The summed E-state index contributed by atoms with van der Waals surface area (Å²) in [6.07, 6.45) is 4.44. The standard InChI is InChI=1S/C16H23N7/c1-8(15-19-9(2)22-23-15)18-14-7-13(11-5-12(17)6-11)20-16(21-14)10-3-4-10/h7-8,10-12H,3-6,17H2,1-2H3,(H,18,20,21)(H,19,22,23). The Labute approximate surface area is 135 Å². The quantitative estimate of drug-likeness (QED) is 0.781. The zero-order chi connectivity index (χ0) is 16.0. The summed E-state index contributed by atoms with van der Waals surface area (Å²) in [6, 6.07) is 2.39. The van der Waals surface area contributed by atoms with Gasteiger partial charge < -0.3 is 11.1 Å². The molecule has 2 aromatic rings. The van der Waals surface area contributed by atoms with Gasteiger partial charge in [-0.1, -0.05) is 0 Å². The van der Waals surface area contributed by atoms with Gasteiger partial charge in [-0.2, -0.15) is 5.10 Å². The smallest absolute Gasteiger partial charge is 0.172 e. The summed E-state index contributed by atoms with van der Waals surface area (Å²) in [7, 11) is 0. The summed E-state index contributed by atoms with van der Waals surface area (Å²) in [5.74, 6) is 4.43. The Bertz CT molecular complexity index is 700. The SMILES string of the molecule is Cc1nc(C(C)Nc2cc(C3CC(N)C3)nc(C3CC3)n2)n[nH]1. The Morgan fingerprint density at radius 1 is 1.22 bits per heavy atom. The molecule has 23 heavy (non-hydrogen) atoms. The van der Waals surface area contributed by atoms with Crippen molar-refractivity contribution in [2.75, 3.05) is 5.32 Å². The minimum Gasteiger partial charge on any atom is -0.360 e. The number of H-pyrrole nitrogens is 1. The van der Waals surface area contributed by atoms with Gasteiger partial charge in [0, 0.05) is 29.6 Å². The van der Waals surface area contributed by atoms with Crippen LogP contribution in [0, 0.1) is 6.92 Å². The molecule has 0 spiro atoms. The first-order chi connectivity index (χ1) is 11.1.